The molecule has 5 nitrogen and oxygen atoms in total. The van der Waals surface area contributed by atoms with Gasteiger partial charge in [-0.2, -0.15) is 0 Å². The van der Waals surface area contributed by atoms with Gasteiger partial charge in [-0.15, -0.1) is 0 Å². The number of hydrogen-bond acceptors (Lipinski definition) is 5. The lowest BCUT2D eigenvalue weighted by Crippen LogP contribution is -2.29. The molecule has 5 rings (SSSR count). The van der Waals surface area contributed by atoms with Gasteiger partial charge in [0.2, 0.25) is 0 Å². The lowest BCUT2D eigenvalue weighted by molar-refractivity contribution is 0.0593. The summed E-state index contributed by atoms with van der Waals surface area (Å²) in [6.45, 7) is 0. The Kier molecular flexibility index (Phi) is 6.07. The topological polar surface area (TPSA) is 64.6 Å². The number of rotatable bonds is 4. The molecule has 2 aliphatic rings. The van der Waals surface area contributed by atoms with E-state index in [4.69, 9.17) is 32.7 Å². The van der Waals surface area contributed by atoms with Gasteiger partial charge in [0.25, 0.3) is 0 Å². The Morgan fingerprint density at radius 2 is 1.79 bits per heavy atom. The van der Waals surface area contributed by atoms with E-state index in [1.54, 1.807) is 36.4 Å². The average Bonchev–Trinajstić information content (AvgIpc) is 3.34. The molecule has 0 amide bonds. The number of carbonyl (C=O) groups is 2. The number of carbonyl (C=O) groups excluding carboxylic acids is 2. The van der Waals surface area contributed by atoms with Gasteiger partial charge in [-0.3, -0.25) is 0 Å². The van der Waals surface area contributed by atoms with Gasteiger partial charge in [-0.1, -0.05) is 53.6 Å². The largest absolute Gasteiger partial charge is 0.465 e. The van der Waals surface area contributed by atoms with Crippen LogP contribution in [-0.4, -0.2) is 19.0 Å². The summed E-state index contributed by atoms with van der Waals surface area (Å²) in [5.41, 5.74) is 3.56. The van der Waals surface area contributed by atoms with Crippen molar-refractivity contribution < 1.29 is 19.1 Å². The third-order valence-corrected chi connectivity index (χ3v) is 6.95. The number of methoxy groups -OCH3 is 1. The Morgan fingerprint density at radius 1 is 0.971 bits per heavy atom. The van der Waals surface area contributed by atoms with E-state index in [1.165, 1.54) is 7.11 Å². The molecule has 0 aromatic heterocycles. The maximum absolute atomic E-state index is 13.0. The zero-order valence-electron chi connectivity index (χ0n) is 18.3. The van der Waals surface area contributed by atoms with E-state index in [-0.39, 0.29) is 29.2 Å². The Bertz CT molecular complexity index is 1320. The van der Waals surface area contributed by atoms with Crippen molar-refractivity contribution in [1.29, 1.82) is 0 Å². The van der Waals surface area contributed by atoms with Crippen LogP contribution in [0.2, 0.25) is 10.0 Å². The zero-order chi connectivity index (χ0) is 23.8. The number of hydrogen-bond donors (Lipinski definition) is 1. The van der Waals surface area contributed by atoms with Gasteiger partial charge in [-0.05, 0) is 65.9 Å². The third kappa shape index (κ3) is 4.06. The minimum Gasteiger partial charge on any atom is -0.465 e. The summed E-state index contributed by atoms with van der Waals surface area (Å²) in [6.07, 6.45) is 5.24. The van der Waals surface area contributed by atoms with Crippen LogP contribution >= 0.6 is 23.2 Å². The van der Waals surface area contributed by atoms with Crippen molar-refractivity contribution in [2.45, 2.75) is 18.4 Å². The summed E-state index contributed by atoms with van der Waals surface area (Å²) in [6, 6.07) is 17.6. The molecule has 0 spiro atoms. The first-order valence-corrected chi connectivity index (χ1v) is 11.6. The monoisotopic (exact) mass is 493 g/mol. The Hall–Kier alpha value is -3.28. The molecule has 172 valence electrons. The van der Waals surface area contributed by atoms with Crippen molar-refractivity contribution in [3.63, 3.8) is 0 Å². The van der Waals surface area contributed by atoms with Crippen LogP contribution in [-0.2, 0) is 4.74 Å². The molecule has 0 saturated heterocycles. The highest BCUT2D eigenvalue weighted by molar-refractivity contribution is 6.35. The zero-order valence-corrected chi connectivity index (χ0v) is 19.8. The molecule has 0 radical (unpaired) electrons. The molecule has 1 heterocycles. The predicted molar refractivity (Wildman–Crippen MR) is 132 cm³/mol. The Balaban J connectivity index is 1.45. The quantitative estimate of drug-likeness (QED) is 0.245. The SMILES string of the molecule is COC(=O)c1ccccc1OC(=O)c1ccc2c(c1)[C@H]1C=CC[C@@H]1[C@@H](c1ccc(Cl)cc1Cl)N2. The van der Waals surface area contributed by atoms with Crippen LogP contribution < -0.4 is 10.1 Å². The van der Waals surface area contributed by atoms with Crippen LogP contribution in [0.1, 0.15) is 50.2 Å². The number of allylic oxidation sites excluding steroid dienone is 2. The van der Waals surface area contributed by atoms with Crippen LogP contribution in [0.4, 0.5) is 5.69 Å². The van der Waals surface area contributed by atoms with E-state index < -0.39 is 11.9 Å². The molecule has 0 unspecified atom stereocenters. The molecule has 0 bridgehead atoms. The van der Waals surface area contributed by atoms with E-state index in [0.717, 1.165) is 23.2 Å². The van der Waals surface area contributed by atoms with Gasteiger partial charge in [0.15, 0.2) is 0 Å². The number of anilines is 1. The van der Waals surface area contributed by atoms with Gasteiger partial charge in [0.1, 0.15) is 11.3 Å². The fraction of sp³-hybridized carbons (Fsp3) is 0.185. The number of nitrogens with one attached hydrogen (secondary N) is 1. The highest BCUT2D eigenvalue weighted by atomic mass is 35.5. The lowest BCUT2D eigenvalue weighted by atomic mass is 9.76. The van der Waals surface area contributed by atoms with E-state index in [2.05, 4.69) is 17.5 Å². The average molecular weight is 494 g/mol. The second kappa shape index (κ2) is 9.16. The molecule has 1 aliphatic heterocycles. The summed E-state index contributed by atoms with van der Waals surface area (Å²) in [4.78, 5) is 25.0. The van der Waals surface area contributed by atoms with E-state index in [0.29, 0.717) is 15.6 Å². The first kappa shape index (κ1) is 22.5. The number of halogens is 2. The van der Waals surface area contributed by atoms with Crippen molar-refractivity contribution >= 4 is 40.8 Å². The maximum Gasteiger partial charge on any atom is 0.343 e. The number of benzene rings is 3. The molecule has 7 heteroatoms. The van der Waals surface area contributed by atoms with Crippen molar-refractivity contribution in [2.75, 3.05) is 12.4 Å². The van der Waals surface area contributed by atoms with Crippen molar-refractivity contribution in [2.24, 2.45) is 5.92 Å². The summed E-state index contributed by atoms with van der Waals surface area (Å²) >= 11 is 12.6. The van der Waals surface area contributed by atoms with Gasteiger partial charge >= 0.3 is 11.9 Å². The molecular weight excluding hydrogens is 473 g/mol. The van der Waals surface area contributed by atoms with Gasteiger partial charge < -0.3 is 14.8 Å². The van der Waals surface area contributed by atoms with E-state index >= 15 is 0 Å². The number of esters is 2. The minimum atomic E-state index is -0.566. The molecule has 34 heavy (non-hydrogen) atoms. The standard InChI is InChI=1S/C27H21Cl2NO4/c1-33-27(32)20-5-2-3-8-24(20)34-26(31)15-9-12-23-21(13-15)17-6-4-7-18(17)25(30-23)19-11-10-16(28)14-22(19)29/h2-6,8-14,17-18,25,30H,7H2,1H3/t17-,18-,25-/m0/s1. The molecule has 3 atom stereocenters. The Morgan fingerprint density at radius 3 is 2.59 bits per heavy atom. The van der Waals surface area contributed by atoms with Crippen molar-refractivity contribution in [3.05, 3.63) is 105 Å². The molecule has 3 aromatic rings. The normalized spacial score (nSPS) is 20.1. The van der Waals surface area contributed by atoms with Gasteiger partial charge in [-0.25, -0.2) is 9.59 Å². The second-order valence-electron chi connectivity index (χ2n) is 8.32. The van der Waals surface area contributed by atoms with Crippen LogP contribution in [0.3, 0.4) is 0 Å². The first-order valence-electron chi connectivity index (χ1n) is 10.9. The van der Waals surface area contributed by atoms with E-state index in [1.807, 2.05) is 24.3 Å². The predicted octanol–water partition coefficient (Wildman–Crippen LogP) is 6.83. The smallest absolute Gasteiger partial charge is 0.343 e. The summed E-state index contributed by atoms with van der Waals surface area (Å²) in [5.74, 6) is -0.573. The summed E-state index contributed by atoms with van der Waals surface area (Å²) < 4.78 is 10.4. The summed E-state index contributed by atoms with van der Waals surface area (Å²) in [5, 5.41) is 4.84. The maximum atomic E-state index is 13.0. The number of para-hydroxylation sites is 1. The molecule has 0 saturated carbocycles. The van der Waals surface area contributed by atoms with Crippen LogP contribution in [0.25, 0.3) is 0 Å². The molecule has 0 fully saturated rings. The highest BCUT2D eigenvalue weighted by Gasteiger charge is 2.39. The van der Waals surface area contributed by atoms with Gasteiger partial charge in [0.05, 0.1) is 18.7 Å². The Labute approximate surface area is 207 Å². The van der Waals surface area contributed by atoms with Gasteiger partial charge in [0, 0.05) is 21.7 Å². The summed E-state index contributed by atoms with van der Waals surface area (Å²) in [7, 11) is 1.29. The van der Waals surface area contributed by atoms with Crippen molar-refractivity contribution in [3.8, 4) is 5.75 Å². The minimum absolute atomic E-state index is 0.0157. The van der Waals surface area contributed by atoms with Crippen LogP contribution in [0.15, 0.2) is 72.8 Å². The first-order chi connectivity index (χ1) is 16.5. The fourth-order valence-corrected chi connectivity index (χ4v) is 5.30. The van der Waals surface area contributed by atoms with Crippen LogP contribution in [0.5, 0.6) is 5.75 Å². The van der Waals surface area contributed by atoms with E-state index in [9.17, 15) is 9.59 Å². The number of fused-ring (bicyclic) bond motifs is 3. The highest BCUT2D eigenvalue weighted by Crippen LogP contribution is 2.51. The second-order valence-corrected chi connectivity index (χ2v) is 9.16. The van der Waals surface area contributed by atoms with Crippen LogP contribution in [0, 0.1) is 5.92 Å². The molecule has 1 N–H and O–H groups in total. The number of ether oxygens (including phenoxy) is 2. The van der Waals surface area contributed by atoms with Crippen molar-refractivity contribution in [1.82, 2.24) is 0 Å². The fourth-order valence-electron chi connectivity index (χ4n) is 4.78. The molecular formula is C27H21Cl2NO4. The lowest BCUT2D eigenvalue weighted by Gasteiger charge is -2.38. The third-order valence-electron chi connectivity index (χ3n) is 6.39. The molecule has 1 aliphatic carbocycles. The molecule has 3 aromatic carbocycles.